The number of nitrogens with zero attached hydrogens (tertiary/aromatic N) is 2. The summed E-state index contributed by atoms with van der Waals surface area (Å²) in [6.07, 6.45) is -1.48. The molecule has 0 saturated heterocycles. The number of halogens is 3. The quantitative estimate of drug-likeness (QED) is 0.472. The minimum absolute atomic E-state index is 0.107. The van der Waals surface area contributed by atoms with Gasteiger partial charge in [0.1, 0.15) is 5.69 Å². The van der Waals surface area contributed by atoms with Gasteiger partial charge in [0.25, 0.3) is 12.3 Å². The SMILES string of the molecule is CC(I)SC(C)c1ccccc1NC(=O)c1cn(C)nc1C(F)F. The summed E-state index contributed by atoms with van der Waals surface area (Å²) >= 11 is 4.08. The molecule has 0 spiro atoms. The van der Waals surface area contributed by atoms with E-state index in [2.05, 4.69) is 46.9 Å². The maximum atomic E-state index is 13.0. The van der Waals surface area contributed by atoms with Gasteiger partial charge in [-0.25, -0.2) is 8.78 Å². The summed E-state index contributed by atoms with van der Waals surface area (Å²) in [5.41, 5.74) is 0.978. The number of rotatable bonds is 6. The molecule has 0 radical (unpaired) electrons. The van der Waals surface area contributed by atoms with Crippen LogP contribution in [0.2, 0.25) is 0 Å². The molecule has 1 aromatic heterocycles. The molecule has 130 valence electrons. The van der Waals surface area contributed by atoms with Crippen molar-refractivity contribution in [1.29, 1.82) is 0 Å². The highest BCUT2D eigenvalue weighted by Gasteiger charge is 2.23. The average Bonchev–Trinajstić information content (AvgIpc) is 2.89. The van der Waals surface area contributed by atoms with Crippen molar-refractivity contribution in [2.24, 2.45) is 7.05 Å². The summed E-state index contributed by atoms with van der Waals surface area (Å²) in [7, 11) is 1.51. The summed E-state index contributed by atoms with van der Waals surface area (Å²) < 4.78 is 27.7. The van der Waals surface area contributed by atoms with Gasteiger partial charge < -0.3 is 5.32 Å². The highest BCUT2D eigenvalue weighted by atomic mass is 127. The van der Waals surface area contributed by atoms with Crippen LogP contribution in [0, 0.1) is 0 Å². The number of para-hydroxylation sites is 1. The first-order valence-electron chi connectivity index (χ1n) is 7.31. The molecule has 2 aromatic rings. The Hall–Kier alpha value is -1.16. The lowest BCUT2D eigenvalue weighted by Crippen LogP contribution is -2.15. The molecule has 4 nitrogen and oxygen atoms in total. The fourth-order valence-corrected chi connectivity index (χ4v) is 4.59. The van der Waals surface area contributed by atoms with Gasteiger partial charge in [-0.3, -0.25) is 9.48 Å². The van der Waals surface area contributed by atoms with E-state index in [-0.39, 0.29) is 10.8 Å². The molecule has 24 heavy (non-hydrogen) atoms. The standard InChI is InChI=1S/C16H18F2IN3OS/c1-9(24-10(2)19)11-6-4-5-7-13(11)20-16(23)12-8-22(3)21-14(12)15(17)18/h4-10,15H,1-3H3,(H,20,23). The minimum atomic E-state index is -2.79. The van der Waals surface area contributed by atoms with Gasteiger partial charge >= 0.3 is 0 Å². The van der Waals surface area contributed by atoms with Gasteiger partial charge in [-0.05, 0) is 25.5 Å². The van der Waals surface area contributed by atoms with E-state index < -0.39 is 18.0 Å². The average molecular weight is 465 g/mol. The van der Waals surface area contributed by atoms with Crippen LogP contribution < -0.4 is 5.32 Å². The van der Waals surface area contributed by atoms with E-state index in [4.69, 9.17) is 0 Å². The summed E-state index contributed by atoms with van der Waals surface area (Å²) in [5.74, 6) is -0.578. The smallest absolute Gasteiger partial charge is 0.282 e. The molecular weight excluding hydrogens is 447 g/mol. The van der Waals surface area contributed by atoms with Crippen LogP contribution in [0.15, 0.2) is 30.5 Å². The Morgan fingerprint density at radius 2 is 2.00 bits per heavy atom. The van der Waals surface area contributed by atoms with E-state index in [9.17, 15) is 13.6 Å². The first kappa shape index (κ1) is 19.2. The van der Waals surface area contributed by atoms with Crippen molar-refractivity contribution in [1.82, 2.24) is 9.78 Å². The Morgan fingerprint density at radius 3 is 2.62 bits per heavy atom. The predicted molar refractivity (Wildman–Crippen MR) is 102 cm³/mol. The van der Waals surface area contributed by atoms with Gasteiger partial charge in [0.2, 0.25) is 0 Å². The Kier molecular flexibility index (Phi) is 6.62. The number of aromatic nitrogens is 2. The molecule has 0 saturated carbocycles. The second kappa shape index (κ2) is 8.28. The van der Waals surface area contributed by atoms with Crippen LogP contribution >= 0.6 is 34.4 Å². The monoisotopic (exact) mass is 465 g/mol. The van der Waals surface area contributed by atoms with Crippen molar-refractivity contribution in [2.45, 2.75) is 28.8 Å². The Labute approximate surface area is 157 Å². The fourth-order valence-electron chi connectivity index (χ4n) is 2.35. The van der Waals surface area contributed by atoms with Gasteiger partial charge in [0.15, 0.2) is 0 Å². The van der Waals surface area contributed by atoms with E-state index >= 15 is 0 Å². The maximum absolute atomic E-state index is 13.0. The van der Waals surface area contributed by atoms with E-state index in [1.165, 1.54) is 17.9 Å². The van der Waals surface area contributed by atoms with Gasteiger partial charge in [0, 0.05) is 24.2 Å². The number of alkyl halides is 3. The van der Waals surface area contributed by atoms with E-state index in [0.29, 0.717) is 8.94 Å². The third kappa shape index (κ3) is 4.69. The van der Waals surface area contributed by atoms with Gasteiger partial charge in [-0.15, -0.1) is 11.8 Å². The molecule has 2 rings (SSSR count). The molecule has 0 fully saturated rings. The summed E-state index contributed by atoms with van der Waals surface area (Å²) in [4.78, 5) is 12.4. The van der Waals surface area contributed by atoms with E-state index in [1.54, 1.807) is 23.9 Å². The van der Waals surface area contributed by atoms with E-state index in [0.717, 1.165) is 5.56 Å². The zero-order valence-electron chi connectivity index (χ0n) is 13.5. The largest absolute Gasteiger partial charge is 0.322 e. The zero-order chi connectivity index (χ0) is 17.9. The molecule has 0 bridgehead atoms. The number of nitrogens with one attached hydrogen (secondary N) is 1. The molecule has 0 aliphatic rings. The number of amides is 1. The predicted octanol–water partition coefficient (Wildman–Crippen LogP) is 5.19. The Balaban J connectivity index is 2.27. The molecule has 0 aliphatic carbocycles. The van der Waals surface area contributed by atoms with Crippen molar-refractivity contribution in [2.75, 3.05) is 5.32 Å². The van der Waals surface area contributed by atoms with Crippen LogP contribution in [0.3, 0.4) is 0 Å². The Morgan fingerprint density at radius 1 is 1.33 bits per heavy atom. The zero-order valence-corrected chi connectivity index (χ0v) is 16.4. The maximum Gasteiger partial charge on any atom is 0.282 e. The van der Waals surface area contributed by atoms with Gasteiger partial charge in [0.05, 0.1) is 8.82 Å². The lowest BCUT2D eigenvalue weighted by molar-refractivity contribution is 0.101. The second-order valence-electron chi connectivity index (χ2n) is 5.27. The highest BCUT2D eigenvalue weighted by molar-refractivity contribution is 14.1. The number of aryl methyl sites for hydroxylation is 1. The molecule has 2 atom stereocenters. The highest BCUT2D eigenvalue weighted by Crippen LogP contribution is 2.37. The van der Waals surface area contributed by atoms with Gasteiger partial charge in [-0.2, -0.15) is 5.10 Å². The van der Waals surface area contributed by atoms with Crippen LogP contribution in [0.5, 0.6) is 0 Å². The number of carbonyl (C=O) groups excluding carboxylic acids is 1. The van der Waals surface area contributed by atoms with Crippen molar-refractivity contribution in [3.63, 3.8) is 0 Å². The van der Waals surface area contributed by atoms with Crippen molar-refractivity contribution in [3.05, 3.63) is 47.3 Å². The van der Waals surface area contributed by atoms with Crippen LogP contribution in [0.4, 0.5) is 14.5 Å². The van der Waals surface area contributed by atoms with Crippen molar-refractivity contribution in [3.8, 4) is 0 Å². The first-order valence-corrected chi connectivity index (χ1v) is 9.50. The summed E-state index contributed by atoms with van der Waals surface area (Å²) in [5, 5.41) is 6.58. The molecule has 8 heteroatoms. The molecule has 0 aliphatic heterocycles. The topological polar surface area (TPSA) is 46.9 Å². The van der Waals surface area contributed by atoms with Crippen LogP contribution in [0.1, 0.15) is 47.1 Å². The number of carbonyl (C=O) groups is 1. The number of anilines is 1. The summed E-state index contributed by atoms with van der Waals surface area (Å²) in [6.45, 7) is 4.15. The minimum Gasteiger partial charge on any atom is -0.322 e. The molecule has 1 aromatic carbocycles. The number of thioether (sulfide) groups is 1. The van der Waals surface area contributed by atoms with Crippen LogP contribution in [0.25, 0.3) is 0 Å². The number of hydrogen-bond donors (Lipinski definition) is 1. The van der Waals surface area contributed by atoms with Gasteiger partial charge in [-0.1, -0.05) is 40.8 Å². The molecule has 2 unspecified atom stereocenters. The fraction of sp³-hybridized carbons (Fsp3) is 0.375. The normalized spacial score (nSPS) is 13.8. The Bertz CT molecular complexity index is 721. The first-order chi connectivity index (χ1) is 11.3. The third-order valence-corrected chi connectivity index (χ3v) is 5.27. The van der Waals surface area contributed by atoms with Crippen LogP contribution in [-0.2, 0) is 7.05 Å². The third-order valence-electron chi connectivity index (χ3n) is 3.35. The number of hydrogen-bond acceptors (Lipinski definition) is 3. The molecule has 1 N–H and O–H groups in total. The van der Waals surface area contributed by atoms with E-state index in [1.807, 2.05) is 12.1 Å². The summed E-state index contributed by atoms with van der Waals surface area (Å²) in [6, 6.07) is 7.42. The second-order valence-corrected chi connectivity index (χ2v) is 9.67. The molecule has 1 heterocycles. The van der Waals surface area contributed by atoms with Crippen LogP contribution in [-0.4, -0.2) is 18.9 Å². The van der Waals surface area contributed by atoms with Crippen molar-refractivity contribution >= 4 is 45.9 Å². The lowest BCUT2D eigenvalue weighted by atomic mass is 10.1. The molecular formula is C16H18F2IN3OS. The van der Waals surface area contributed by atoms with Crippen molar-refractivity contribution < 1.29 is 13.6 Å². The number of benzene rings is 1. The lowest BCUT2D eigenvalue weighted by Gasteiger charge is -2.18. The molecule has 1 amide bonds.